The number of ether oxygens (including phenoxy) is 1. The summed E-state index contributed by atoms with van der Waals surface area (Å²) >= 11 is 2.03. The maximum absolute atomic E-state index is 5.02. The van der Waals surface area contributed by atoms with Gasteiger partial charge in [-0.05, 0) is 32.1 Å². The molecule has 14 heavy (non-hydrogen) atoms. The number of nitrogens with one attached hydrogen (secondary N) is 1. The van der Waals surface area contributed by atoms with Crippen LogP contribution >= 0.6 is 11.8 Å². The molecule has 0 radical (unpaired) electrons. The molecule has 0 aromatic carbocycles. The Morgan fingerprint density at radius 1 is 1.36 bits per heavy atom. The molecule has 0 saturated heterocycles. The van der Waals surface area contributed by atoms with Crippen LogP contribution in [0.5, 0.6) is 0 Å². The highest BCUT2D eigenvalue weighted by atomic mass is 32.2. The minimum absolute atomic E-state index is 0.613. The molecule has 0 saturated carbocycles. The average Bonchev–Trinajstić information content (AvgIpc) is 2.20. The lowest BCUT2D eigenvalue weighted by Crippen LogP contribution is -2.34. The van der Waals surface area contributed by atoms with Crippen molar-refractivity contribution >= 4 is 11.8 Å². The summed E-state index contributed by atoms with van der Waals surface area (Å²) in [5.74, 6) is 1.20. The number of methoxy groups -OCH3 is 1. The molecular formula is C11H25NOS. The van der Waals surface area contributed by atoms with Gasteiger partial charge in [0.15, 0.2) is 0 Å². The van der Waals surface area contributed by atoms with Crippen molar-refractivity contribution in [3.63, 3.8) is 0 Å². The fourth-order valence-electron chi connectivity index (χ4n) is 1.15. The first-order chi connectivity index (χ1) is 6.72. The highest BCUT2D eigenvalue weighted by Gasteiger charge is 2.10. The summed E-state index contributed by atoms with van der Waals surface area (Å²) in [6.07, 6.45) is 2.37. The van der Waals surface area contributed by atoms with E-state index < -0.39 is 0 Å². The quantitative estimate of drug-likeness (QED) is 0.602. The van der Waals surface area contributed by atoms with Crippen LogP contribution in [0.15, 0.2) is 0 Å². The van der Waals surface area contributed by atoms with E-state index in [4.69, 9.17) is 4.74 Å². The molecule has 86 valence electrons. The standard InChI is InChI=1S/C11H25NOS/c1-5-7-12-10(2)11(3)14-9-6-8-13-4/h10-12H,5-9H2,1-4H3. The predicted octanol–water partition coefficient (Wildman–Crippen LogP) is 2.53. The van der Waals surface area contributed by atoms with E-state index in [1.165, 1.54) is 12.2 Å². The van der Waals surface area contributed by atoms with E-state index in [0.29, 0.717) is 11.3 Å². The summed E-state index contributed by atoms with van der Waals surface area (Å²) in [6.45, 7) is 8.78. The molecule has 0 aromatic heterocycles. The Morgan fingerprint density at radius 2 is 2.07 bits per heavy atom. The summed E-state index contributed by atoms with van der Waals surface area (Å²) < 4.78 is 5.02. The van der Waals surface area contributed by atoms with Crippen LogP contribution in [-0.2, 0) is 4.74 Å². The van der Waals surface area contributed by atoms with E-state index in [-0.39, 0.29) is 0 Å². The number of thioether (sulfide) groups is 1. The minimum atomic E-state index is 0.613. The zero-order chi connectivity index (χ0) is 10.8. The molecule has 0 heterocycles. The Kier molecular flexibility index (Phi) is 10.0. The molecule has 3 heteroatoms. The molecular weight excluding hydrogens is 194 g/mol. The molecule has 2 nitrogen and oxygen atoms in total. The lowest BCUT2D eigenvalue weighted by molar-refractivity contribution is 0.200. The summed E-state index contributed by atoms with van der Waals surface area (Å²) in [4.78, 5) is 0. The number of rotatable bonds is 9. The van der Waals surface area contributed by atoms with Gasteiger partial charge in [0.2, 0.25) is 0 Å². The Balaban J connectivity index is 3.36. The zero-order valence-corrected chi connectivity index (χ0v) is 10.8. The van der Waals surface area contributed by atoms with E-state index in [0.717, 1.165) is 19.6 Å². The van der Waals surface area contributed by atoms with Gasteiger partial charge >= 0.3 is 0 Å². The Labute approximate surface area is 93.2 Å². The van der Waals surface area contributed by atoms with E-state index in [2.05, 4.69) is 26.1 Å². The minimum Gasteiger partial charge on any atom is -0.385 e. The molecule has 0 aliphatic rings. The maximum atomic E-state index is 5.02. The molecule has 2 unspecified atom stereocenters. The van der Waals surface area contributed by atoms with Crippen molar-refractivity contribution in [2.45, 2.75) is 44.9 Å². The zero-order valence-electron chi connectivity index (χ0n) is 10.0. The molecule has 1 N–H and O–H groups in total. The first-order valence-electron chi connectivity index (χ1n) is 5.56. The monoisotopic (exact) mass is 219 g/mol. The molecule has 0 fully saturated rings. The molecule has 0 aliphatic carbocycles. The molecule has 0 bridgehead atoms. The first-order valence-corrected chi connectivity index (χ1v) is 6.61. The summed E-state index contributed by atoms with van der Waals surface area (Å²) in [5, 5.41) is 4.21. The fourth-order valence-corrected chi connectivity index (χ4v) is 2.20. The third-order valence-corrected chi connectivity index (χ3v) is 3.75. The van der Waals surface area contributed by atoms with Crippen LogP contribution in [0, 0.1) is 0 Å². The lowest BCUT2D eigenvalue weighted by atomic mass is 10.2. The van der Waals surface area contributed by atoms with E-state index in [1.807, 2.05) is 11.8 Å². The SMILES string of the molecule is CCCNC(C)C(C)SCCCOC. The van der Waals surface area contributed by atoms with Crippen molar-refractivity contribution in [3.05, 3.63) is 0 Å². The number of hydrogen-bond acceptors (Lipinski definition) is 3. The van der Waals surface area contributed by atoms with Crippen LogP contribution in [0.2, 0.25) is 0 Å². The molecule has 0 aromatic rings. The highest BCUT2D eigenvalue weighted by Crippen LogP contribution is 2.15. The average molecular weight is 219 g/mol. The van der Waals surface area contributed by atoms with E-state index >= 15 is 0 Å². The van der Waals surface area contributed by atoms with Crippen LogP contribution in [-0.4, -0.2) is 37.3 Å². The van der Waals surface area contributed by atoms with Gasteiger partial charge in [-0.15, -0.1) is 0 Å². The van der Waals surface area contributed by atoms with Crippen LogP contribution in [0.25, 0.3) is 0 Å². The largest absolute Gasteiger partial charge is 0.385 e. The van der Waals surface area contributed by atoms with Gasteiger partial charge in [0, 0.05) is 25.0 Å². The smallest absolute Gasteiger partial charge is 0.0470 e. The van der Waals surface area contributed by atoms with Crippen LogP contribution in [0.4, 0.5) is 0 Å². The van der Waals surface area contributed by atoms with Crippen molar-refractivity contribution in [2.75, 3.05) is 26.0 Å². The van der Waals surface area contributed by atoms with Crippen molar-refractivity contribution in [1.82, 2.24) is 5.32 Å². The third kappa shape index (κ3) is 7.65. The molecule has 0 aliphatic heterocycles. The van der Waals surface area contributed by atoms with E-state index in [9.17, 15) is 0 Å². The Bertz CT molecular complexity index is 122. The van der Waals surface area contributed by atoms with Gasteiger partial charge in [-0.2, -0.15) is 11.8 Å². The van der Waals surface area contributed by atoms with Gasteiger partial charge in [0.05, 0.1) is 0 Å². The fraction of sp³-hybridized carbons (Fsp3) is 1.00. The molecule has 2 atom stereocenters. The molecule has 0 rings (SSSR count). The summed E-state index contributed by atoms with van der Waals surface area (Å²) in [7, 11) is 1.76. The first kappa shape index (κ1) is 14.3. The van der Waals surface area contributed by atoms with E-state index in [1.54, 1.807) is 7.11 Å². The predicted molar refractivity (Wildman–Crippen MR) is 66.2 cm³/mol. The van der Waals surface area contributed by atoms with Gasteiger partial charge in [-0.3, -0.25) is 0 Å². The van der Waals surface area contributed by atoms with Crippen LogP contribution < -0.4 is 5.32 Å². The Hall–Kier alpha value is 0.270. The lowest BCUT2D eigenvalue weighted by Gasteiger charge is -2.20. The second-order valence-electron chi connectivity index (χ2n) is 3.67. The van der Waals surface area contributed by atoms with Gasteiger partial charge < -0.3 is 10.1 Å². The third-order valence-electron chi connectivity index (χ3n) is 2.29. The van der Waals surface area contributed by atoms with Gasteiger partial charge in [-0.1, -0.05) is 13.8 Å². The van der Waals surface area contributed by atoms with Crippen molar-refractivity contribution in [2.24, 2.45) is 0 Å². The van der Waals surface area contributed by atoms with Crippen LogP contribution in [0.1, 0.15) is 33.6 Å². The van der Waals surface area contributed by atoms with Gasteiger partial charge in [0.1, 0.15) is 0 Å². The Morgan fingerprint density at radius 3 is 2.64 bits per heavy atom. The van der Waals surface area contributed by atoms with Crippen molar-refractivity contribution in [1.29, 1.82) is 0 Å². The van der Waals surface area contributed by atoms with Crippen LogP contribution in [0.3, 0.4) is 0 Å². The maximum Gasteiger partial charge on any atom is 0.0470 e. The summed E-state index contributed by atoms with van der Waals surface area (Å²) in [5.41, 5.74) is 0. The normalized spacial score (nSPS) is 15.4. The molecule has 0 amide bonds. The summed E-state index contributed by atoms with van der Waals surface area (Å²) in [6, 6.07) is 0.613. The highest BCUT2D eigenvalue weighted by molar-refractivity contribution is 7.99. The van der Waals surface area contributed by atoms with Crippen molar-refractivity contribution < 1.29 is 4.74 Å². The second kappa shape index (κ2) is 9.81. The van der Waals surface area contributed by atoms with Crippen molar-refractivity contribution in [3.8, 4) is 0 Å². The molecule has 0 spiro atoms. The number of hydrogen-bond donors (Lipinski definition) is 1. The second-order valence-corrected chi connectivity index (χ2v) is 5.15. The topological polar surface area (TPSA) is 21.3 Å². The van der Waals surface area contributed by atoms with Gasteiger partial charge in [-0.25, -0.2) is 0 Å². The van der Waals surface area contributed by atoms with Gasteiger partial charge in [0.25, 0.3) is 0 Å².